The number of rotatable bonds is 4. The van der Waals surface area contributed by atoms with Crippen molar-refractivity contribution in [3.8, 4) is 0 Å². The van der Waals surface area contributed by atoms with Gasteiger partial charge in [0.05, 0.1) is 0 Å². The molecule has 0 bridgehead atoms. The van der Waals surface area contributed by atoms with Crippen LogP contribution in [-0.2, 0) is 10.5 Å². The molecule has 1 heterocycles. The molecule has 22 heavy (non-hydrogen) atoms. The molecular weight excluding hydrogens is 294 g/mol. The summed E-state index contributed by atoms with van der Waals surface area (Å²) in [6.07, 6.45) is 0. The Kier molecular flexibility index (Phi) is 4.34. The van der Waals surface area contributed by atoms with E-state index < -0.39 is 0 Å². The maximum atomic E-state index is 10.9. The Morgan fingerprint density at radius 3 is 2.64 bits per heavy atom. The van der Waals surface area contributed by atoms with E-state index >= 15 is 0 Å². The number of amides is 1. The van der Waals surface area contributed by atoms with Gasteiger partial charge in [-0.2, -0.15) is 0 Å². The van der Waals surface area contributed by atoms with Crippen molar-refractivity contribution in [3.05, 3.63) is 60.2 Å². The number of fused-ring (bicyclic) bond motifs is 1. The maximum Gasteiger partial charge on any atom is 0.222 e. The van der Waals surface area contributed by atoms with Gasteiger partial charge in [0.2, 0.25) is 5.91 Å². The van der Waals surface area contributed by atoms with Gasteiger partial charge >= 0.3 is 0 Å². The van der Waals surface area contributed by atoms with Crippen molar-refractivity contribution in [2.45, 2.75) is 17.7 Å². The monoisotopic (exact) mass is 309 g/mol. The number of hydrogen-bond donors (Lipinski definition) is 1. The van der Waals surface area contributed by atoms with E-state index in [9.17, 15) is 4.79 Å². The first kappa shape index (κ1) is 14.5. The van der Waals surface area contributed by atoms with E-state index in [0.29, 0.717) is 5.82 Å². The van der Waals surface area contributed by atoms with Crippen molar-refractivity contribution in [2.24, 2.45) is 0 Å². The smallest absolute Gasteiger partial charge is 0.222 e. The molecule has 1 amide bonds. The second kappa shape index (κ2) is 6.58. The number of nitrogens with zero attached hydrogens (tertiary/aromatic N) is 2. The minimum absolute atomic E-state index is 0.148. The van der Waals surface area contributed by atoms with E-state index in [2.05, 4.69) is 51.9 Å². The first-order chi connectivity index (χ1) is 10.7. The summed E-state index contributed by atoms with van der Waals surface area (Å²) in [4.78, 5) is 10.9. The van der Waals surface area contributed by atoms with Crippen LogP contribution in [0.3, 0.4) is 0 Å². The minimum atomic E-state index is -0.148. The van der Waals surface area contributed by atoms with E-state index in [1.165, 1.54) is 23.3 Å². The molecule has 0 spiro atoms. The van der Waals surface area contributed by atoms with E-state index in [1.807, 2.05) is 12.1 Å². The highest BCUT2D eigenvalue weighted by molar-refractivity contribution is 7.98. The number of thioether (sulfide) groups is 1. The minimum Gasteiger partial charge on any atom is -0.309 e. The molecule has 0 radical (unpaired) electrons. The molecule has 3 rings (SSSR count). The van der Waals surface area contributed by atoms with Gasteiger partial charge < -0.3 is 5.32 Å². The predicted molar refractivity (Wildman–Crippen MR) is 89.8 cm³/mol. The molecule has 0 saturated carbocycles. The van der Waals surface area contributed by atoms with Crippen LogP contribution in [0.15, 0.2) is 59.6 Å². The Balaban J connectivity index is 1.72. The fraction of sp³-hybridized carbons (Fsp3) is 0.118. The molecule has 0 unspecified atom stereocenters. The fourth-order valence-corrected chi connectivity index (χ4v) is 3.03. The summed E-state index contributed by atoms with van der Waals surface area (Å²) >= 11 is 1.63. The van der Waals surface area contributed by atoms with Crippen LogP contribution < -0.4 is 5.32 Å². The van der Waals surface area contributed by atoms with Gasteiger partial charge in [-0.3, -0.25) is 4.79 Å². The van der Waals surface area contributed by atoms with Crippen molar-refractivity contribution in [2.75, 3.05) is 5.32 Å². The lowest BCUT2D eigenvalue weighted by Crippen LogP contribution is -2.07. The van der Waals surface area contributed by atoms with Crippen LogP contribution in [0.1, 0.15) is 12.5 Å². The van der Waals surface area contributed by atoms with Crippen LogP contribution in [0.5, 0.6) is 0 Å². The number of benzene rings is 2. The van der Waals surface area contributed by atoms with E-state index in [-0.39, 0.29) is 5.91 Å². The zero-order chi connectivity index (χ0) is 15.4. The van der Waals surface area contributed by atoms with Crippen molar-refractivity contribution in [1.82, 2.24) is 10.2 Å². The average molecular weight is 309 g/mol. The predicted octanol–water partition coefficient (Wildman–Crippen LogP) is 3.88. The molecule has 0 atom stereocenters. The van der Waals surface area contributed by atoms with Crippen LogP contribution in [-0.4, -0.2) is 16.1 Å². The molecule has 0 aliphatic rings. The summed E-state index contributed by atoms with van der Waals surface area (Å²) in [7, 11) is 0. The number of hydrogen-bond acceptors (Lipinski definition) is 4. The average Bonchev–Trinajstić information content (AvgIpc) is 2.54. The van der Waals surface area contributed by atoms with Gasteiger partial charge in [0, 0.05) is 12.7 Å². The van der Waals surface area contributed by atoms with Gasteiger partial charge in [0.1, 0.15) is 5.03 Å². The first-order valence-electron chi connectivity index (χ1n) is 6.93. The van der Waals surface area contributed by atoms with Crippen LogP contribution >= 0.6 is 11.8 Å². The van der Waals surface area contributed by atoms with E-state index in [0.717, 1.165) is 10.8 Å². The maximum absolute atomic E-state index is 10.9. The zero-order valence-electron chi connectivity index (χ0n) is 12.1. The van der Waals surface area contributed by atoms with Gasteiger partial charge in [0.15, 0.2) is 5.82 Å². The van der Waals surface area contributed by atoms with E-state index in [4.69, 9.17) is 0 Å². The quantitative estimate of drug-likeness (QED) is 0.743. The topological polar surface area (TPSA) is 54.9 Å². The number of carbonyl (C=O) groups is 1. The fourth-order valence-electron chi connectivity index (χ4n) is 2.21. The summed E-state index contributed by atoms with van der Waals surface area (Å²) in [6, 6.07) is 18.3. The molecule has 1 aromatic heterocycles. The summed E-state index contributed by atoms with van der Waals surface area (Å²) in [5.41, 5.74) is 1.27. The number of carbonyl (C=O) groups excluding carboxylic acids is 1. The highest BCUT2D eigenvalue weighted by Crippen LogP contribution is 2.26. The van der Waals surface area contributed by atoms with Crippen molar-refractivity contribution in [1.29, 1.82) is 0 Å². The standard InChI is InChI=1S/C17H15N3OS/c1-12(21)18-16-9-10-17(20-19-16)22-11-14-7-4-6-13-5-2-3-8-15(13)14/h2-10H,11H2,1H3,(H,18,19,21). The Morgan fingerprint density at radius 1 is 1.05 bits per heavy atom. The van der Waals surface area contributed by atoms with Crippen molar-refractivity contribution < 1.29 is 4.79 Å². The molecule has 5 heteroatoms. The highest BCUT2D eigenvalue weighted by atomic mass is 32.2. The first-order valence-corrected chi connectivity index (χ1v) is 7.92. The largest absolute Gasteiger partial charge is 0.309 e. The molecular formula is C17H15N3OS. The molecule has 4 nitrogen and oxygen atoms in total. The molecule has 0 aliphatic heterocycles. The molecule has 3 aromatic rings. The van der Waals surface area contributed by atoms with Gasteiger partial charge in [-0.05, 0) is 28.5 Å². The van der Waals surface area contributed by atoms with Crippen molar-refractivity contribution in [3.63, 3.8) is 0 Å². The van der Waals surface area contributed by atoms with E-state index in [1.54, 1.807) is 17.8 Å². The third-order valence-corrected chi connectivity index (χ3v) is 4.17. The summed E-state index contributed by atoms with van der Waals surface area (Å²) in [5, 5.41) is 14.1. The molecule has 0 fully saturated rings. The second-order valence-corrected chi connectivity index (χ2v) is 5.86. The van der Waals surface area contributed by atoms with Crippen LogP contribution in [0.4, 0.5) is 5.82 Å². The van der Waals surface area contributed by atoms with Crippen LogP contribution in [0, 0.1) is 0 Å². The van der Waals surface area contributed by atoms with Gasteiger partial charge in [-0.1, -0.05) is 54.2 Å². The molecule has 2 aromatic carbocycles. The number of aromatic nitrogens is 2. The number of nitrogens with one attached hydrogen (secondary N) is 1. The third kappa shape index (κ3) is 3.43. The third-order valence-electron chi connectivity index (χ3n) is 3.20. The summed E-state index contributed by atoms with van der Waals surface area (Å²) in [5.74, 6) is 1.16. The zero-order valence-corrected chi connectivity index (χ0v) is 12.9. The van der Waals surface area contributed by atoms with Crippen LogP contribution in [0.25, 0.3) is 10.8 Å². The molecule has 1 N–H and O–H groups in total. The second-order valence-electron chi connectivity index (χ2n) is 4.86. The SMILES string of the molecule is CC(=O)Nc1ccc(SCc2cccc3ccccc23)nn1. The number of anilines is 1. The van der Waals surface area contributed by atoms with Gasteiger partial charge in [0.25, 0.3) is 0 Å². The lowest BCUT2D eigenvalue weighted by atomic mass is 10.1. The Morgan fingerprint density at radius 2 is 1.86 bits per heavy atom. The molecule has 110 valence electrons. The lowest BCUT2D eigenvalue weighted by molar-refractivity contribution is -0.114. The summed E-state index contributed by atoms with van der Waals surface area (Å²) < 4.78 is 0. The highest BCUT2D eigenvalue weighted by Gasteiger charge is 2.04. The summed E-state index contributed by atoms with van der Waals surface area (Å²) in [6.45, 7) is 1.45. The lowest BCUT2D eigenvalue weighted by Gasteiger charge is -2.06. The van der Waals surface area contributed by atoms with Crippen LogP contribution in [0.2, 0.25) is 0 Å². The van der Waals surface area contributed by atoms with Gasteiger partial charge in [-0.25, -0.2) is 0 Å². The Bertz CT molecular complexity index is 797. The molecule has 0 aliphatic carbocycles. The Labute approximate surface area is 133 Å². The molecule has 0 saturated heterocycles. The Hall–Kier alpha value is -2.40. The van der Waals surface area contributed by atoms with Crippen molar-refractivity contribution >= 4 is 34.3 Å². The normalized spacial score (nSPS) is 10.6. The van der Waals surface area contributed by atoms with Gasteiger partial charge in [-0.15, -0.1) is 10.2 Å².